The van der Waals surface area contributed by atoms with Gasteiger partial charge in [-0.1, -0.05) is 6.92 Å². The van der Waals surface area contributed by atoms with Crippen molar-refractivity contribution in [2.24, 2.45) is 7.05 Å². The van der Waals surface area contributed by atoms with Gasteiger partial charge < -0.3 is 23.8 Å². The number of nitrogens with zero attached hydrogens (tertiary/aromatic N) is 4. The van der Waals surface area contributed by atoms with Crippen LogP contribution in [-0.4, -0.2) is 32.5 Å². The second kappa shape index (κ2) is 9.30. The van der Waals surface area contributed by atoms with E-state index in [1.54, 1.807) is 48.7 Å². The maximum Gasteiger partial charge on any atom is 0.284 e. The van der Waals surface area contributed by atoms with E-state index in [-0.39, 0.29) is 11.6 Å². The smallest absolute Gasteiger partial charge is 0.284 e. The van der Waals surface area contributed by atoms with E-state index in [1.807, 2.05) is 17.7 Å². The zero-order valence-corrected chi connectivity index (χ0v) is 19.5. The molecule has 0 fully saturated rings. The number of furan rings is 1. The van der Waals surface area contributed by atoms with Crippen LogP contribution in [0.15, 0.2) is 71.7 Å². The van der Waals surface area contributed by atoms with E-state index in [4.69, 9.17) is 13.9 Å². The lowest BCUT2D eigenvalue weighted by atomic mass is 10.1. The van der Waals surface area contributed by atoms with Crippen LogP contribution in [0, 0.1) is 0 Å². The summed E-state index contributed by atoms with van der Waals surface area (Å²) in [6.07, 6.45) is 6.01. The Morgan fingerprint density at radius 3 is 2.66 bits per heavy atom. The average molecular weight is 470 g/mol. The van der Waals surface area contributed by atoms with Crippen molar-refractivity contribution in [1.82, 2.24) is 19.5 Å². The molecule has 0 radical (unpaired) electrons. The Balaban J connectivity index is 1.31. The number of carbonyl (C=O) groups is 1. The van der Waals surface area contributed by atoms with E-state index >= 15 is 0 Å². The summed E-state index contributed by atoms with van der Waals surface area (Å²) in [6.45, 7) is 2.11. The van der Waals surface area contributed by atoms with Gasteiger partial charge in [0.05, 0.1) is 12.5 Å². The number of hydrogen-bond acceptors (Lipinski definition) is 7. The fourth-order valence-electron chi connectivity index (χ4n) is 3.83. The lowest BCUT2D eigenvalue weighted by molar-refractivity contribution is 0.102. The minimum Gasteiger partial charge on any atom is -0.468 e. The van der Waals surface area contributed by atoms with Crippen molar-refractivity contribution in [3.63, 3.8) is 0 Å². The highest BCUT2D eigenvalue weighted by Crippen LogP contribution is 2.33. The van der Waals surface area contributed by atoms with Gasteiger partial charge in [-0.05, 0) is 54.4 Å². The fraction of sp³-hybridized carbons (Fsp3) is 0.154. The molecule has 5 rings (SSSR count). The normalized spacial score (nSPS) is 10.9. The number of aromatic nitrogens is 4. The summed E-state index contributed by atoms with van der Waals surface area (Å²) in [5.74, 6) is 1.87. The van der Waals surface area contributed by atoms with Crippen LogP contribution in [0.3, 0.4) is 0 Å². The van der Waals surface area contributed by atoms with Crippen LogP contribution < -0.4 is 14.8 Å². The molecule has 0 saturated carbocycles. The number of amides is 1. The van der Waals surface area contributed by atoms with E-state index in [9.17, 15) is 4.79 Å². The summed E-state index contributed by atoms with van der Waals surface area (Å²) in [6, 6.07) is 14.0. The molecule has 1 aromatic carbocycles. The van der Waals surface area contributed by atoms with Crippen molar-refractivity contribution in [3.05, 3.63) is 78.5 Å². The summed E-state index contributed by atoms with van der Waals surface area (Å²) in [5, 5.41) is 3.85. The Labute approximate surface area is 201 Å². The summed E-state index contributed by atoms with van der Waals surface area (Å²) < 4.78 is 18.7. The molecule has 0 aliphatic heterocycles. The van der Waals surface area contributed by atoms with Gasteiger partial charge in [0.2, 0.25) is 0 Å². The zero-order valence-electron chi connectivity index (χ0n) is 19.5. The quantitative estimate of drug-likeness (QED) is 0.348. The molecule has 5 aromatic rings. The predicted molar refractivity (Wildman–Crippen MR) is 131 cm³/mol. The number of methoxy groups -OCH3 is 1. The minimum atomic E-state index is -0.367. The average Bonchev–Trinajstić information content (AvgIpc) is 3.50. The second-order valence-electron chi connectivity index (χ2n) is 7.82. The Hall–Kier alpha value is -4.66. The number of ether oxygens (including phenoxy) is 2. The molecule has 0 aliphatic carbocycles. The van der Waals surface area contributed by atoms with Crippen molar-refractivity contribution in [1.29, 1.82) is 0 Å². The van der Waals surface area contributed by atoms with Gasteiger partial charge in [-0.25, -0.2) is 15.0 Å². The summed E-state index contributed by atoms with van der Waals surface area (Å²) in [5.41, 5.74) is 3.34. The van der Waals surface area contributed by atoms with Crippen molar-refractivity contribution >= 4 is 22.6 Å². The molecule has 4 aromatic heterocycles. The molecule has 0 atom stereocenters. The number of carbonyl (C=O) groups excluding carboxylic acids is 1. The van der Waals surface area contributed by atoms with Crippen molar-refractivity contribution in [3.8, 4) is 28.9 Å². The molecule has 35 heavy (non-hydrogen) atoms. The Morgan fingerprint density at radius 2 is 1.91 bits per heavy atom. The Morgan fingerprint density at radius 1 is 1.09 bits per heavy atom. The van der Waals surface area contributed by atoms with Gasteiger partial charge in [0, 0.05) is 31.2 Å². The lowest BCUT2D eigenvalue weighted by Crippen LogP contribution is -2.14. The van der Waals surface area contributed by atoms with Gasteiger partial charge in [0.25, 0.3) is 11.9 Å². The van der Waals surface area contributed by atoms with Gasteiger partial charge in [0.15, 0.2) is 5.76 Å². The molecule has 0 aliphatic rings. The summed E-state index contributed by atoms with van der Waals surface area (Å²) >= 11 is 0. The molecule has 4 heterocycles. The molecular formula is C26H23N5O4. The maximum atomic E-state index is 12.8. The number of pyridine rings is 1. The molecule has 176 valence electrons. The van der Waals surface area contributed by atoms with E-state index < -0.39 is 0 Å². The highest BCUT2D eigenvalue weighted by molar-refractivity contribution is 6.03. The van der Waals surface area contributed by atoms with Crippen LogP contribution in [0.2, 0.25) is 0 Å². The SMILES string of the molecule is CCc1cn(C)c2nccc(Oc3ccc(NC(=O)c4cc(-c5ccc(OC)o5)ncn4)cc3)c12. The van der Waals surface area contributed by atoms with Crippen molar-refractivity contribution < 1.29 is 18.7 Å². The van der Waals surface area contributed by atoms with E-state index in [0.29, 0.717) is 28.8 Å². The van der Waals surface area contributed by atoms with Crippen LogP contribution in [0.5, 0.6) is 17.4 Å². The highest BCUT2D eigenvalue weighted by atomic mass is 16.6. The minimum absolute atomic E-state index is 0.209. The fourth-order valence-corrected chi connectivity index (χ4v) is 3.83. The third kappa shape index (κ3) is 4.43. The highest BCUT2D eigenvalue weighted by Gasteiger charge is 2.14. The Bertz CT molecular complexity index is 1500. The number of anilines is 1. The molecule has 0 spiro atoms. The number of aryl methyl sites for hydroxylation is 2. The van der Waals surface area contributed by atoms with Crippen LogP contribution in [0.25, 0.3) is 22.5 Å². The number of fused-ring (bicyclic) bond motifs is 1. The summed E-state index contributed by atoms with van der Waals surface area (Å²) in [4.78, 5) is 25.5. The van der Waals surface area contributed by atoms with Crippen molar-refractivity contribution in [2.75, 3.05) is 12.4 Å². The van der Waals surface area contributed by atoms with Gasteiger partial charge >= 0.3 is 0 Å². The van der Waals surface area contributed by atoms with E-state index in [2.05, 4.69) is 33.4 Å². The van der Waals surface area contributed by atoms with Gasteiger partial charge in [-0.3, -0.25) is 4.79 Å². The number of hydrogen-bond donors (Lipinski definition) is 1. The first-order valence-corrected chi connectivity index (χ1v) is 11.0. The molecule has 0 saturated heterocycles. The number of nitrogens with one attached hydrogen (secondary N) is 1. The number of benzene rings is 1. The first kappa shape index (κ1) is 22.1. The molecule has 1 N–H and O–H groups in total. The van der Waals surface area contributed by atoms with E-state index in [0.717, 1.165) is 23.2 Å². The molecule has 0 unspecified atom stereocenters. The van der Waals surface area contributed by atoms with Crippen LogP contribution >= 0.6 is 0 Å². The third-order valence-corrected chi connectivity index (χ3v) is 5.55. The monoisotopic (exact) mass is 469 g/mol. The summed E-state index contributed by atoms with van der Waals surface area (Å²) in [7, 11) is 3.49. The van der Waals surface area contributed by atoms with Gasteiger partial charge in [0.1, 0.15) is 34.9 Å². The van der Waals surface area contributed by atoms with Crippen LogP contribution in [-0.2, 0) is 13.5 Å². The second-order valence-corrected chi connectivity index (χ2v) is 7.82. The van der Waals surface area contributed by atoms with Crippen LogP contribution in [0.1, 0.15) is 23.0 Å². The zero-order chi connectivity index (χ0) is 24.4. The molecule has 0 bridgehead atoms. The van der Waals surface area contributed by atoms with E-state index in [1.165, 1.54) is 19.0 Å². The largest absolute Gasteiger partial charge is 0.468 e. The number of rotatable bonds is 7. The molecule has 1 amide bonds. The first-order chi connectivity index (χ1) is 17.1. The Kier molecular flexibility index (Phi) is 5.88. The van der Waals surface area contributed by atoms with Crippen molar-refractivity contribution in [2.45, 2.75) is 13.3 Å². The standard InChI is InChI=1S/C26H23N5O4/c1-4-16-14-31(2)25-24(16)22(11-12-27-25)34-18-7-5-17(6-8-18)30-26(32)20-13-19(28-15-29-20)21-9-10-23(33-3)35-21/h5-15H,4H2,1-3H3,(H,30,32). The predicted octanol–water partition coefficient (Wildman–Crippen LogP) is 5.24. The maximum absolute atomic E-state index is 12.8. The lowest BCUT2D eigenvalue weighted by Gasteiger charge is -2.10. The van der Waals surface area contributed by atoms with Crippen LogP contribution in [0.4, 0.5) is 5.69 Å². The molecular weight excluding hydrogens is 446 g/mol. The molecule has 9 nitrogen and oxygen atoms in total. The van der Waals surface area contributed by atoms with Gasteiger partial charge in [-0.2, -0.15) is 0 Å². The molecule has 9 heteroatoms. The first-order valence-electron chi connectivity index (χ1n) is 11.0. The third-order valence-electron chi connectivity index (χ3n) is 5.55. The topological polar surface area (TPSA) is 104 Å². The van der Waals surface area contributed by atoms with Gasteiger partial charge in [-0.15, -0.1) is 0 Å².